The fourth-order valence-corrected chi connectivity index (χ4v) is 4.55. The van der Waals surface area contributed by atoms with E-state index in [1.54, 1.807) is 16.8 Å². The number of fused-ring (bicyclic) bond motifs is 4. The molecule has 156 valence electrons. The van der Waals surface area contributed by atoms with Crippen molar-refractivity contribution in [2.75, 3.05) is 0 Å². The molecule has 0 saturated heterocycles. The van der Waals surface area contributed by atoms with Crippen molar-refractivity contribution in [1.82, 2.24) is 28.5 Å². The number of hydrogen-bond donors (Lipinski definition) is 0. The minimum Gasteiger partial charge on any atom is -0.276 e. The van der Waals surface area contributed by atoms with Gasteiger partial charge in [-0.2, -0.15) is 0 Å². The number of para-hydroxylation sites is 1. The molecule has 0 spiro atoms. The summed E-state index contributed by atoms with van der Waals surface area (Å²) in [5, 5.41) is 9.94. The second-order valence-corrected chi connectivity index (χ2v) is 8.34. The lowest BCUT2D eigenvalue weighted by Gasteiger charge is -2.10. The highest BCUT2D eigenvalue weighted by Gasteiger charge is 2.16. The van der Waals surface area contributed by atoms with Crippen molar-refractivity contribution >= 4 is 34.1 Å². The fourth-order valence-electron chi connectivity index (χ4n) is 3.72. The summed E-state index contributed by atoms with van der Waals surface area (Å²) in [6.07, 6.45) is 2.55. The first-order chi connectivity index (χ1) is 15.1. The van der Waals surface area contributed by atoms with E-state index < -0.39 is 0 Å². The maximum atomic E-state index is 12.9. The highest BCUT2D eigenvalue weighted by molar-refractivity contribution is 7.98. The summed E-state index contributed by atoms with van der Waals surface area (Å²) in [4.78, 5) is 30.0. The first kappa shape index (κ1) is 19.5. The first-order valence-electron chi connectivity index (χ1n) is 10.0. The molecule has 0 fully saturated rings. The number of thioether (sulfide) groups is 1. The van der Waals surface area contributed by atoms with E-state index in [1.165, 1.54) is 16.2 Å². The Labute approximate surface area is 181 Å². The van der Waals surface area contributed by atoms with E-state index >= 15 is 0 Å². The molecular weight excluding hydrogens is 412 g/mol. The zero-order valence-electron chi connectivity index (χ0n) is 17.1. The van der Waals surface area contributed by atoms with Gasteiger partial charge in [0, 0.05) is 24.6 Å². The number of aryl methyl sites for hydroxylation is 2. The van der Waals surface area contributed by atoms with Gasteiger partial charge in [-0.25, -0.2) is 4.98 Å². The second kappa shape index (κ2) is 7.66. The Hall–Kier alpha value is -3.46. The smallest absolute Gasteiger partial charge is 0.262 e. The quantitative estimate of drug-likeness (QED) is 0.397. The predicted molar refractivity (Wildman–Crippen MR) is 121 cm³/mol. The van der Waals surface area contributed by atoms with Gasteiger partial charge >= 0.3 is 0 Å². The van der Waals surface area contributed by atoms with Crippen molar-refractivity contribution in [3.8, 4) is 0 Å². The highest BCUT2D eigenvalue weighted by atomic mass is 32.2. The van der Waals surface area contributed by atoms with Crippen LogP contribution in [-0.4, -0.2) is 28.5 Å². The zero-order valence-corrected chi connectivity index (χ0v) is 18.0. The van der Waals surface area contributed by atoms with Crippen molar-refractivity contribution in [2.24, 2.45) is 0 Å². The van der Waals surface area contributed by atoms with Crippen LogP contribution in [0.2, 0.25) is 0 Å². The van der Waals surface area contributed by atoms with Crippen LogP contribution in [-0.2, 0) is 12.3 Å². The van der Waals surface area contributed by atoms with Gasteiger partial charge in [0.1, 0.15) is 5.65 Å². The molecule has 0 unspecified atom stereocenters. The van der Waals surface area contributed by atoms with Gasteiger partial charge in [-0.05, 0) is 43.2 Å². The van der Waals surface area contributed by atoms with Crippen LogP contribution in [0.4, 0.5) is 0 Å². The summed E-state index contributed by atoms with van der Waals surface area (Å²) < 4.78 is 5.11. The van der Waals surface area contributed by atoms with Crippen molar-refractivity contribution in [3.05, 3.63) is 80.6 Å². The maximum Gasteiger partial charge on any atom is 0.262 e. The third-order valence-electron chi connectivity index (χ3n) is 5.15. The molecule has 4 heterocycles. The molecule has 5 aromatic rings. The van der Waals surface area contributed by atoms with Crippen LogP contribution in [0.25, 0.3) is 22.3 Å². The van der Waals surface area contributed by atoms with Crippen molar-refractivity contribution in [3.63, 3.8) is 0 Å². The van der Waals surface area contributed by atoms with Crippen LogP contribution in [0.5, 0.6) is 0 Å². The van der Waals surface area contributed by atoms with Gasteiger partial charge in [0.2, 0.25) is 5.78 Å². The zero-order chi connectivity index (χ0) is 21.5. The van der Waals surface area contributed by atoms with Crippen LogP contribution in [0.15, 0.2) is 63.4 Å². The van der Waals surface area contributed by atoms with Gasteiger partial charge < -0.3 is 0 Å². The average molecular weight is 433 g/mol. The molecule has 0 aliphatic rings. The molecule has 4 aromatic heterocycles. The van der Waals surface area contributed by atoms with Gasteiger partial charge in [-0.3, -0.25) is 23.0 Å². The van der Waals surface area contributed by atoms with Crippen LogP contribution in [0.1, 0.15) is 24.6 Å². The van der Waals surface area contributed by atoms with Crippen LogP contribution in [0.3, 0.4) is 0 Å². The number of aromatic nitrogens is 6. The molecule has 1 aromatic carbocycles. The van der Waals surface area contributed by atoms with E-state index in [9.17, 15) is 9.59 Å². The molecule has 0 N–H and O–H groups in total. The maximum absolute atomic E-state index is 12.9. The minimum atomic E-state index is -0.117. The van der Waals surface area contributed by atoms with Crippen molar-refractivity contribution in [2.45, 2.75) is 37.7 Å². The van der Waals surface area contributed by atoms with Gasteiger partial charge in [0.25, 0.3) is 11.1 Å². The molecule has 9 heteroatoms. The first-order valence-corrected chi connectivity index (χ1v) is 11.0. The normalized spacial score (nSPS) is 11.7. The van der Waals surface area contributed by atoms with E-state index in [0.717, 1.165) is 17.5 Å². The van der Waals surface area contributed by atoms with Crippen LogP contribution in [0, 0.1) is 6.92 Å². The summed E-state index contributed by atoms with van der Waals surface area (Å²) >= 11 is 1.44. The Bertz CT molecular complexity index is 1570. The molecule has 0 saturated carbocycles. The summed E-state index contributed by atoms with van der Waals surface area (Å²) in [5.41, 5.74) is 2.92. The highest BCUT2D eigenvalue weighted by Crippen LogP contribution is 2.24. The summed E-state index contributed by atoms with van der Waals surface area (Å²) in [5.74, 6) is 0.983. The number of nitrogens with zero attached hydrogens (tertiary/aromatic N) is 6. The van der Waals surface area contributed by atoms with E-state index in [-0.39, 0.29) is 11.1 Å². The second-order valence-electron chi connectivity index (χ2n) is 7.40. The summed E-state index contributed by atoms with van der Waals surface area (Å²) in [6.45, 7) is 4.56. The van der Waals surface area contributed by atoms with Crippen molar-refractivity contribution in [1.29, 1.82) is 0 Å². The fraction of sp³-hybridized carbons (Fsp3) is 0.227. The topological polar surface area (TPSA) is 86.6 Å². The van der Waals surface area contributed by atoms with E-state index in [2.05, 4.69) is 15.2 Å². The molecule has 0 aliphatic heterocycles. The monoisotopic (exact) mass is 432 g/mol. The van der Waals surface area contributed by atoms with Gasteiger partial charge in [0.15, 0.2) is 5.16 Å². The lowest BCUT2D eigenvalue weighted by molar-refractivity contribution is 0.662. The van der Waals surface area contributed by atoms with E-state index in [0.29, 0.717) is 40.0 Å². The number of benzene rings is 1. The molecule has 0 aliphatic carbocycles. The minimum absolute atomic E-state index is 0.0616. The molecule has 0 atom stereocenters. The lowest BCUT2D eigenvalue weighted by atomic mass is 10.2. The third kappa shape index (κ3) is 3.31. The summed E-state index contributed by atoms with van der Waals surface area (Å²) in [6, 6.07) is 12.8. The number of hydrogen-bond acceptors (Lipinski definition) is 6. The Morgan fingerprint density at radius 1 is 1.06 bits per heavy atom. The molecule has 0 bridgehead atoms. The van der Waals surface area contributed by atoms with Crippen LogP contribution < -0.4 is 11.1 Å². The Morgan fingerprint density at radius 3 is 2.74 bits per heavy atom. The Morgan fingerprint density at radius 2 is 1.90 bits per heavy atom. The molecule has 0 radical (unpaired) electrons. The predicted octanol–water partition coefficient (Wildman–Crippen LogP) is 3.06. The largest absolute Gasteiger partial charge is 0.276 e. The average Bonchev–Trinajstić information content (AvgIpc) is 3.19. The SMILES string of the molecule is CCCn1c(=O)c2ccccc2n2c(SCc3cc(=O)n4ccc(C)cc4n3)nnc12. The Balaban J connectivity index is 1.60. The number of rotatable bonds is 5. The molecule has 5 rings (SSSR count). The Kier molecular flexibility index (Phi) is 4.82. The van der Waals surface area contributed by atoms with E-state index in [4.69, 9.17) is 0 Å². The molecular formula is C22H20N6O2S. The summed E-state index contributed by atoms with van der Waals surface area (Å²) in [7, 11) is 0. The number of pyridine rings is 1. The van der Waals surface area contributed by atoms with Gasteiger partial charge in [0.05, 0.1) is 16.6 Å². The van der Waals surface area contributed by atoms with Crippen molar-refractivity contribution < 1.29 is 0 Å². The molecule has 0 amide bonds. The van der Waals surface area contributed by atoms with E-state index in [1.807, 2.05) is 54.6 Å². The standard InChI is InChI=1S/C22H20N6O2S/c1-3-9-27-20(30)16-6-4-5-7-17(16)28-21(27)24-25-22(28)31-13-15-12-19(29)26-10-8-14(2)11-18(26)23-15/h4-8,10-12H,3,9,13H2,1-2H3. The molecule has 31 heavy (non-hydrogen) atoms. The molecule has 8 nitrogen and oxygen atoms in total. The third-order valence-corrected chi connectivity index (χ3v) is 6.11. The van der Waals surface area contributed by atoms with Crippen LogP contribution >= 0.6 is 11.8 Å². The van der Waals surface area contributed by atoms with Gasteiger partial charge in [-0.1, -0.05) is 30.8 Å². The lowest BCUT2D eigenvalue weighted by Crippen LogP contribution is -2.23. The van der Waals surface area contributed by atoms with Gasteiger partial charge in [-0.15, -0.1) is 10.2 Å².